The van der Waals surface area contributed by atoms with Gasteiger partial charge in [-0.3, -0.25) is 4.98 Å². The van der Waals surface area contributed by atoms with E-state index in [0.29, 0.717) is 17.1 Å². The molecule has 3 N–H and O–H groups in total. The third-order valence-corrected chi connectivity index (χ3v) is 2.73. The molecule has 0 saturated carbocycles. The van der Waals surface area contributed by atoms with Gasteiger partial charge in [-0.1, -0.05) is 11.6 Å². The van der Waals surface area contributed by atoms with Crippen molar-refractivity contribution in [2.75, 3.05) is 11.1 Å². The molecule has 1 aromatic carbocycles. The molecule has 0 amide bonds. The molecule has 0 atom stereocenters. The predicted octanol–water partition coefficient (Wildman–Crippen LogP) is 4.08. The van der Waals surface area contributed by atoms with Crippen molar-refractivity contribution in [1.82, 2.24) is 4.98 Å². The molecule has 0 aliphatic heterocycles. The van der Waals surface area contributed by atoms with Crippen LogP contribution >= 0.6 is 11.6 Å². The van der Waals surface area contributed by atoms with Crippen molar-refractivity contribution in [3.63, 3.8) is 0 Å². The number of nitrogen functional groups attached to an aromatic ring is 1. The minimum Gasteiger partial charge on any atom is -0.396 e. The summed E-state index contributed by atoms with van der Waals surface area (Å²) in [5.74, 6) is 0. The van der Waals surface area contributed by atoms with Crippen LogP contribution in [0.1, 0.15) is 5.56 Å². The highest BCUT2D eigenvalue weighted by Gasteiger charge is 2.30. The van der Waals surface area contributed by atoms with Gasteiger partial charge in [0.15, 0.2) is 0 Å². The van der Waals surface area contributed by atoms with Gasteiger partial charge < -0.3 is 11.1 Å². The Bertz CT molecular complexity index is 599. The zero-order valence-electron chi connectivity index (χ0n) is 9.50. The number of anilines is 3. The van der Waals surface area contributed by atoms with Gasteiger partial charge in [0.05, 0.1) is 33.8 Å². The van der Waals surface area contributed by atoms with Gasteiger partial charge in [0.25, 0.3) is 0 Å². The van der Waals surface area contributed by atoms with Crippen molar-refractivity contribution in [3.8, 4) is 0 Å². The van der Waals surface area contributed by atoms with Crippen LogP contribution in [0.2, 0.25) is 5.02 Å². The Balaban J connectivity index is 2.30. The second kappa shape index (κ2) is 4.97. The zero-order valence-corrected chi connectivity index (χ0v) is 10.3. The molecule has 1 aromatic heterocycles. The lowest BCUT2D eigenvalue weighted by atomic mass is 10.2. The second-order valence-corrected chi connectivity index (χ2v) is 4.19. The van der Waals surface area contributed by atoms with Crippen molar-refractivity contribution in [2.24, 2.45) is 0 Å². The summed E-state index contributed by atoms with van der Waals surface area (Å²) in [6.07, 6.45) is -1.48. The summed E-state index contributed by atoms with van der Waals surface area (Å²) in [4.78, 5) is 3.81. The maximum absolute atomic E-state index is 12.5. The van der Waals surface area contributed by atoms with Gasteiger partial charge in [-0.15, -0.1) is 0 Å². The van der Waals surface area contributed by atoms with E-state index in [0.717, 1.165) is 12.1 Å². The number of rotatable bonds is 2. The van der Waals surface area contributed by atoms with Crippen LogP contribution in [0, 0.1) is 0 Å². The van der Waals surface area contributed by atoms with Gasteiger partial charge in [0, 0.05) is 6.20 Å². The van der Waals surface area contributed by atoms with Crippen LogP contribution in [-0.4, -0.2) is 4.98 Å². The predicted molar refractivity (Wildman–Crippen MR) is 68.4 cm³/mol. The van der Waals surface area contributed by atoms with Crippen molar-refractivity contribution in [1.29, 1.82) is 0 Å². The average Bonchev–Trinajstić information content (AvgIpc) is 2.33. The van der Waals surface area contributed by atoms with Crippen LogP contribution in [0.5, 0.6) is 0 Å². The number of nitrogens with zero attached hydrogens (tertiary/aromatic N) is 1. The maximum Gasteiger partial charge on any atom is 0.416 e. The fraction of sp³-hybridized carbons (Fsp3) is 0.0833. The lowest BCUT2D eigenvalue weighted by molar-refractivity contribution is -0.137. The van der Waals surface area contributed by atoms with Crippen LogP contribution in [-0.2, 0) is 6.18 Å². The van der Waals surface area contributed by atoms with E-state index in [9.17, 15) is 13.2 Å². The Labute approximate surface area is 112 Å². The first-order valence-electron chi connectivity index (χ1n) is 5.21. The number of aromatic nitrogens is 1. The van der Waals surface area contributed by atoms with Crippen LogP contribution in [0.15, 0.2) is 36.7 Å². The highest BCUT2D eigenvalue weighted by atomic mass is 35.5. The molecule has 0 fully saturated rings. The lowest BCUT2D eigenvalue weighted by Crippen LogP contribution is -2.05. The van der Waals surface area contributed by atoms with E-state index >= 15 is 0 Å². The number of alkyl halides is 3. The first kappa shape index (κ1) is 13.5. The molecule has 0 bridgehead atoms. The average molecular weight is 288 g/mol. The van der Waals surface area contributed by atoms with E-state index in [1.807, 2.05) is 0 Å². The number of nitrogens with two attached hydrogens (primary N) is 1. The molecule has 7 heteroatoms. The minimum absolute atomic E-state index is 0.0361. The summed E-state index contributed by atoms with van der Waals surface area (Å²) in [5, 5.41) is 2.82. The Morgan fingerprint density at radius 2 is 1.89 bits per heavy atom. The zero-order chi connectivity index (χ0) is 14.0. The first-order valence-corrected chi connectivity index (χ1v) is 5.59. The Morgan fingerprint density at radius 3 is 2.47 bits per heavy atom. The van der Waals surface area contributed by atoms with Crippen LogP contribution in [0.3, 0.4) is 0 Å². The molecule has 2 aromatic rings. The summed E-state index contributed by atoms with van der Waals surface area (Å²) in [5.41, 5.74) is 6.11. The Kier molecular flexibility index (Phi) is 3.53. The summed E-state index contributed by atoms with van der Waals surface area (Å²) >= 11 is 5.82. The molecule has 19 heavy (non-hydrogen) atoms. The van der Waals surface area contributed by atoms with Crippen LogP contribution < -0.4 is 11.1 Å². The van der Waals surface area contributed by atoms with Crippen molar-refractivity contribution >= 4 is 28.7 Å². The number of hydrogen-bond donors (Lipinski definition) is 2. The molecule has 0 radical (unpaired) electrons. The van der Waals surface area contributed by atoms with Gasteiger partial charge in [0.2, 0.25) is 0 Å². The van der Waals surface area contributed by atoms with Gasteiger partial charge in [-0.2, -0.15) is 13.2 Å². The molecule has 0 aliphatic rings. The Morgan fingerprint density at radius 1 is 1.16 bits per heavy atom. The number of benzene rings is 1. The number of halogens is 4. The molecule has 0 spiro atoms. The summed E-state index contributed by atoms with van der Waals surface area (Å²) < 4.78 is 37.4. The van der Waals surface area contributed by atoms with Gasteiger partial charge in [-0.05, 0) is 24.3 Å². The summed E-state index contributed by atoms with van der Waals surface area (Å²) in [7, 11) is 0. The maximum atomic E-state index is 12.5. The molecule has 100 valence electrons. The molecule has 2 rings (SSSR count). The molecule has 1 heterocycles. The van der Waals surface area contributed by atoms with E-state index in [1.54, 1.807) is 6.07 Å². The van der Waals surface area contributed by atoms with E-state index < -0.39 is 11.7 Å². The summed E-state index contributed by atoms with van der Waals surface area (Å²) in [6.45, 7) is 0. The molecule has 0 unspecified atom stereocenters. The monoisotopic (exact) mass is 287 g/mol. The summed E-state index contributed by atoms with van der Waals surface area (Å²) in [6, 6.07) is 4.67. The number of hydrogen-bond acceptors (Lipinski definition) is 3. The molecular weight excluding hydrogens is 279 g/mol. The molecular formula is C12H9ClF3N3. The van der Waals surface area contributed by atoms with E-state index in [4.69, 9.17) is 17.3 Å². The molecule has 3 nitrogen and oxygen atoms in total. The fourth-order valence-corrected chi connectivity index (χ4v) is 1.69. The number of nitrogens with one attached hydrogen (secondary N) is 1. The minimum atomic E-state index is -4.42. The highest BCUT2D eigenvalue weighted by molar-refractivity contribution is 6.33. The van der Waals surface area contributed by atoms with Gasteiger partial charge in [0.1, 0.15) is 0 Å². The van der Waals surface area contributed by atoms with Gasteiger partial charge in [-0.25, -0.2) is 0 Å². The van der Waals surface area contributed by atoms with Crippen molar-refractivity contribution in [2.45, 2.75) is 6.18 Å². The van der Waals surface area contributed by atoms with Crippen LogP contribution in [0.25, 0.3) is 0 Å². The largest absolute Gasteiger partial charge is 0.416 e. The third kappa shape index (κ3) is 3.08. The highest BCUT2D eigenvalue weighted by Crippen LogP contribution is 2.35. The topological polar surface area (TPSA) is 50.9 Å². The standard InChI is InChI=1S/C12H9ClF3N3/c13-8-5-7(12(14,15)16)1-2-10(8)19-11-3-4-18-6-9(11)17/h1-6H,17H2,(H,18,19). The van der Waals surface area contributed by atoms with E-state index in [-0.39, 0.29) is 5.02 Å². The van der Waals surface area contributed by atoms with Crippen molar-refractivity contribution in [3.05, 3.63) is 47.2 Å². The third-order valence-electron chi connectivity index (χ3n) is 2.42. The SMILES string of the molecule is Nc1cnccc1Nc1ccc(C(F)(F)F)cc1Cl. The van der Waals surface area contributed by atoms with Crippen LogP contribution in [0.4, 0.5) is 30.2 Å². The van der Waals surface area contributed by atoms with E-state index in [1.165, 1.54) is 18.5 Å². The van der Waals surface area contributed by atoms with E-state index in [2.05, 4.69) is 10.3 Å². The number of pyridine rings is 1. The Hall–Kier alpha value is -1.95. The quantitative estimate of drug-likeness (QED) is 0.875. The first-order chi connectivity index (χ1) is 8.88. The second-order valence-electron chi connectivity index (χ2n) is 3.78. The van der Waals surface area contributed by atoms with Crippen molar-refractivity contribution < 1.29 is 13.2 Å². The fourth-order valence-electron chi connectivity index (χ4n) is 1.46. The smallest absolute Gasteiger partial charge is 0.396 e. The molecule has 0 aliphatic carbocycles. The molecule has 0 saturated heterocycles. The normalized spacial score (nSPS) is 11.4. The van der Waals surface area contributed by atoms with Gasteiger partial charge >= 0.3 is 6.18 Å². The lowest BCUT2D eigenvalue weighted by Gasteiger charge is -2.12.